The Morgan fingerprint density at radius 2 is 0.623 bits per heavy atom. The molecule has 0 fully saturated rings. The molecule has 0 N–H and O–H groups in total. The van der Waals surface area contributed by atoms with Crippen molar-refractivity contribution >= 4 is 105 Å². The molecule has 0 spiro atoms. The first-order valence-electron chi connectivity index (χ1n) is 26.9. The Kier molecular flexibility index (Phi) is 11.0. The van der Waals surface area contributed by atoms with Gasteiger partial charge in [0.15, 0.2) is 0 Å². The van der Waals surface area contributed by atoms with Gasteiger partial charge in [-0.05, 0) is 0 Å². The molecule has 3 heterocycles. The molecule has 14 aromatic rings. The van der Waals surface area contributed by atoms with Crippen molar-refractivity contribution in [2.24, 2.45) is 0 Å². The van der Waals surface area contributed by atoms with E-state index < -0.39 is 26.5 Å². The van der Waals surface area contributed by atoms with Gasteiger partial charge in [0.1, 0.15) is 0 Å². The molecule has 0 saturated carbocycles. The second-order valence-electron chi connectivity index (χ2n) is 20.7. The van der Waals surface area contributed by atoms with E-state index in [0.29, 0.717) is 6.54 Å². The van der Waals surface area contributed by atoms with Crippen LogP contribution in [0.15, 0.2) is 303 Å². The number of para-hydroxylation sites is 3. The Morgan fingerprint density at radius 3 is 1.12 bits per heavy atom. The quantitative estimate of drug-likeness (QED) is 0.141. The molecule has 2 nitrogen and oxygen atoms in total. The van der Waals surface area contributed by atoms with Gasteiger partial charge in [-0.1, -0.05) is 36.4 Å². The molecule has 77 heavy (non-hydrogen) atoms. The zero-order valence-corrected chi connectivity index (χ0v) is 46.7. The van der Waals surface area contributed by atoms with Gasteiger partial charge in [-0.25, -0.2) is 0 Å². The number of hydrogen-bond acceptors (Lipinski definition) is 0. The van der Waals surface area contributed by atoms with Crippen LogP contribution in [0.1, 0.15) is 5.56 Å². The minimum atomic E-state index is -4.24. The molecule has 15 rings (SSSR count). The van der Waals surface area contributed by atoms with Gasteiger partial charge in [0, 0.05) is 0 Å². The van der Waals surface area contributed by atoms with Crippen LogP contribution in [0.5, 0.6) is 0 Å². The van der Waals surface area contributed by atoms with E-state index in [4.69, 9.17) is 0 Å². The maximum atomic E-state index is 2.72. The Bertz CT molecular complexity index is 4410. The fraction of sp³-hybridized carbons (Fsp3) is 0.0137. The van der Waals surface area contributed by atoms with Gasteiger partial charge < -0.3 is 0 Å². The average Bonchev–Trinajstić information content (AvgIpc) is 4.21. The number of aromatic nitrogens is 2. The summed E-state index contributed by atoms with van der Waals surface area (Å²) in [5, 5.41) is 5.05. The second kappa shape index (κ2) is 18.6. The maximum absolute atomic E-state index is 4.24. The normalized spacial score (nSPS) is 13.5. The van der Waals surface area contributed by atoms with Gasteiger partial charge in [-0.3, -0.25) is 0 Å². The number of rotatable bonds is 7. The van der Waals surface area contributed by atoms with E-state index in [1.165, 1.54) is 112 Å². The summed E-state index contributed by atoms with van der Waals surface area (Å²) in [5.41, 5.74) is 12.5. The first kappa shape index (κ1) is 45.7. The summed E-state index contributed by atoms with van der Waals surface area (Å²) in [6.07, 6.45) is 0. The molecule has 0 bridgehead atoms. The fourth-order valence-electron chi connectivity index (χ4n) is 13.7. The van der Waals surface area contributed by atoms with Crippen molar-refractivity contribution in [1.82, 2.24) is 9.13 Å². The molecule has 1 aliphatic rings. The van der Waals surface area contributed by atoms with Crippen LogP contribution in [0.2, 0.25) is 0 Å². The van der Waals surface area contributed by atoms with Gasteiger partial charge >= 0.3 is 421 Å². The topological polar surface area (TPSA) is 9.86 Å². The van der Waals surface area contributed by atoms with Crippen molar-refractivity contribution in [3.05, 3.63) is 309 Å². The van der Waals surface area contributed by atoms with Gasteiger partial charge in [0.25, 0.3) is 0 Å². The fourth-order valence-corrected chi connectivity index (χ4v) is 39.1. The number of nitrogens with zero attached hydrogens (tertiary/aromatic N) is 2. The number of hydrogen-bond donors (Lipinski definition) is 0. The van der Waals surface area contributed by atoms with Crippen molar-refractivity contribution in [3.63, 3.8) is 0 Å². The van der Waals surface area contributed by atoms with E-state index in [-0.39, 0.29) is 0 Å². The molecule has 0 aliphatic carbocycles. The van der Waals surface area contributed by atoms with E-state index in [0.717, 1.165) is 0 Å². The molecular weight excluding hydrogens is 1050 g/mol. The van der Waals surface area contributed by atoms with Crippen molar-refractivity contribution in [2.45, 2.75) is 6.54 Å². The number of fused-ring (bicyclic) bond motifs is 12. The molecule has 2 aromatic heterocycles. The monoisotopic (exact) mass is 1100 g/mol. The molecule has 4 heteroatoms. The summed E-state index contributed by atoms with van der Waals surface area (Å²) < 4.78 is 16.6. The Balaban J connectivity index is 1.07. The standard InChI is InChI=1S/C73H52Ge2N2/c1-5-25-53(26-6-1)74(54-27-7-2-8-28-54)66-40-20-15-35-60(66)58-33-13-14-34-59(58)61-36-16-21-41-67(61)75(55-29-9-3-10-30-55,56-31-11-4-12-32-56)69-49-52(45-47-68(69)74)51-76-70-42-22-17-39-64(70)65-50-57(46-48-71(65)76)77-72-43-23-18-37-62(72)63-38-19-24-44-73(63)77/h1-50H,51H2. The predicted octanol–water partition coefficient (Wildman–Crippen LogP) is 12.3. The van der Waals surface area contributed by atoms with Crippen LogP contribution in [0.3, 0.4) is 0 Å². The first-order valence-corrected chi connectivity index (χ1v) is 35.3. The SMILES string of the molecule is c1cc[c]([Ge]2([c]3ccccc3)[c]3ccccc3-c3ccccc3-c3cccc[c]3[Ge]([c]3ccccc3)([c]3ccccc3)[c]3cc(Cn4c5ccccc5c5cc(-n6c7ccccc7c7ccccc76)ccc54)cc[c]32)cc1. The molecule has 0 atom stereocenters. The third-order valence-electron chi connectivity index (χ3n) is 16.8. The minimum absolute atomic E-state index is 0.700. The summed E-state index contributed by atoms with van der Waals surface area (Å²) in [7, 11) is 0. The molecule has 0 radical (unpaired) electrons. The summed E-state index contributed by atoms with van der Waals surface area (Å²) in [4.78, 5) is 0. The summed E-state index contributed by atoms with van der Waals surface area (Å²) in [6, 6.07) is 117. The zero-order chi connectivity index (χ0) is 50.9. The van der Waals surface area contributed by atoms with Crippen molar-refractivity contribution in [1.29, 1.82) is 0 Å². The Hall–Kier alpha value is -8.67. The number of benzene rings is 12. The van der Waals surface area contributed by atoms with Crippen LogP contribution >= 0.6 is 0 Å². The van der Waals surface area contributed by atoms with Crippen LogP contribution in [-0.4, -0.2) is 35.7 Å². The average molecular weight is 1100 g/mol. The second-order valence-corrected chi connectivity index (χ2v) is 36.3. The van der Waals surface area contributed by atoms with Crippen LogP contribution in [0.25, 0.3) is 71.6 Å². The van der Waals surface area contributed by atoms with Crippen molar-refractivity contribution in [3.8, 4) is 27.9 Å². The van der Waals surface area contributed by atoms with Crippen LogP contribution in [-0.2, 0) is 6.54 Å². The molecular formula is C73H52Ge2N2. The van der Waals surface area contributed by atoms with Gasteiger partial charge in [0.2, 0.25) is 0 Å². The first-order chi connectivity index (χ1) is 38.2. The van der Waals surface area contributed by atoms with Crippen LogP contribution < -0.4 is 35.2 Å². The Morgan fingerprint density at radius 1 is 0.247 bits per heavy atom. The van der Waals surface area contributed by atoms with Gasteiger partial charge in [-0.15, -0.1) is 0 Å². The van der Waals surface area contributed by atoms with E-state index >= 15 is 0 Å². The van der Waals surface area contributed by atoms with E-state index in [9.17, 15) is 0 Å². The zero-order valence-electron chi connectivity index (χ0n) is 42.5. The molecule has 12 aromatic carbocycles. The predicted molar refractivity (Wildman–Crippen MR) is 331 cm³/mol. The van der Waals surface area contributed by atoms with E-state index in [1.54, 1.807) is 0 Å². The van der Waals surface area contributed by atoms with Gasteiger partial charge in [0.05, 0.1) is 0 Å². The summed E-state index contributed by atoms with van der Waals surface area (Å²) in [6.45, 7) is 0.700. The van der Waals surface area contributed by atoms with Crippen molar-refractivity contribution < 1.29 is 0 Å². The van der Waals surface area contributed by atoms with E-state index in [1.807, 2.05) is 0 Å². The molecule has 0 unspecified atom stereocenters. The molecule has 0 saturated heterocycles. The summed E-state index contributed by atoms with van der Waals surface area (Å²) >= 11 is -8.40. The molecule has 362 valence electrons. The van der Waals surface area contributed by atoms with E-state index in [2.05, 4.69) is 312 Å². The van der Waals surface area contributed by atoms with Crippen LogP contribution in [0, 0.1) is 0 Å². The third-order valence-corrected chi connectivity index (χ3v) is 38.4. The summed E-state index contributed by atoms with van der Waals surface area (Å²) in [5.74, 6) is 0. The van der Waals surface area contributed by atoms with Gasteiger partial charge in [-0.2, -0.15) is 0 Å². The van der Waals surface area contributed by atoms with Crippen LogP contribution in [0.4, 0.5) is 0 Å². The van der Waals surface area contributed by atoms with Crippen molar-refractivity contribution in [2.75, 3.05) is 0 Å². The Labute approximate surface area is 454 Å². The molecule has 1 aliphatic heterocycles. The molecule has 0 amide bonds. The third kappa shape index (κ3) is 6.95.